The fraction of sp³-hybridized carbons (Fsp3) is 0.381. The topological polar surface area (TPSA) is 98.5 Å². The number of nitrogens with zero attached hydrogens (tertiary/aromatic N) is 3. The summed E-state index contributed by atoms with van der Waals surface area (Å²) < 4.78 is 12.9. The van der Waals surface area contributed by atoms with Gasteiger partial charge in [0.25, 0.3) is 5.91 Å². The highest BCUT2D eigenvalue weighted by Gasteiger charge is 2.21. The highest BCUT2D eigenvalue weighted by atomic mass is 16.5. The van der Waals surface area contributed by atoms with E-state index < -0.39 is 12.5 Å². The Kier molecular flexibility index (Phi) is 5.57. The SMILES string of the molecule is COCc1cc(-c2cn(C)c3cnc(NC(=O)CO)cc23)nc(C2CCOC2)c1. The van der Waals surface area contributed by atoms with Gasteiger partial charge in [-0.1, -0.05) is 0 Å². The summed E-state index contributed by atoms with van der Waals surface area (Å²) in [5.74, 6) is 0.168. The molecule has 1 aliphatic heterocycles. The maximum atomic E-state index is 11.5. The predicted octanol–water partition coefficient (Wildman–Crippen LogP) is 2.22. The third-order valence-corrected chi connectivity index (χ3v) is 5.13. The van der Waals surface area contributed by atoms with Crippen LogP contribution in [-0.4, -0.2) is 52.5 Å². The molecule has 1 amide bonds. The summed E-state index contributed by atoms with van der Waals surface area (Å²) in [7, 11) is 3.63. The number of carbonyl (C=O) groups is 1. The first-order valence-electron chi connectivity index (χ1n) is 9.52. The van der Waals surface area contributed by atoms with Crippen LogP contribution in [-0.2, 0) is 27.9 Å². The molecule has 0 bridgehead atoms. The number of rotatable bonds is 6. The maximum Gasteiger partial charge on any atom is 0.251 e. The second-order valence-corrected chi connectivity index (χ2v) is 7.23. The molecule has 4 heterocycles. The van der Waals surface area contributed by atoms with E-state index in [1.165, 1.54) is 0 Å². The smallest absolute Gasteiger partial charge is 0.251 e. The number of aliphatic hydroxyl groups is 1. The minimum Gasteiger partial charge on any atom is -0.387 e. The molecule has 29 heavy (non-hydrogen) atoms. The zero-order chi connectivity index (χ0) is 20.4. The van der Waals surface area contributed by atoms with E-state index in [4.69, 9.17) is 19.6 Å². The van der Waals surface area contributed by atoms with Crippen molar-refractivity contribution in [3.05, 3.63) is 41.9 Å². The number of hydrogen-bond acceptors (Lipinski definition) is 6. The molecule has 3 aromatic heterocycles. The molecule has 1 aliphatic rings. The number of methoxy groups -OCH3 is 1. The molecule has 4 rings (SSSR count). The molecule has 0 radical (unpaired) electrons. The van der Waals surface area contributed by atoms with E-state index in [1.807, 2.05) is 23.9 Å². The molecule has 1 unspecified atom stereocenters. The molecule has 1 fully saturated rings. The predicted molar refractivity (Wildman–Crippen MR) is 109 cm³/mol. The van der Waals surface area contributed by atoms with Gasteiger partial charge in [-0.2, -0.15) is 0 Å². The fourth-order valence-corrected chi connectivity index (χ4v) is 3.71. The Morgan fingerprint density at radius 2 is 2.28 bits per heavy atom. The van der Waals surface area contributed by atoms with E-state index in [0.717, 1.165) is 46.4 Å². The van der Waals surface area contributed by atoms with Crippen LogP contribution in [0, 0.1) is 0 Å². The van der Waals surface area contributed by atoms with Crippen LogP contribution < -0.4 is 5.32 Å². The van der Waals surface area contributed by atoms with Gasteiger partial charge in [-0.25, -0.2) is 4.98 Å². The number of nitrogens with one attached hydrogen (secondary N) is 1. The van der Waals surface area contributed by atoms with Gasteiger partial charge in [0.05, 0.1) is 30.6 Å². The number of amides is 1. The molecule has 0 aromatic carbocycles. The normalized spacial score (nSPS) is 16.4. The van der Waals surface area contributed by atoms with Gasteiger partial charge in [0.15, 0.2) is 0 Å². The van der Waals surface area contributed by atoms with Gasteiger partial charge in [-0.05, 0) is 30.2 Å². The quantitative estimate of drug-likeness (QED) is 0.663. The Labute approximate surface area is 168 Å². The number of anilines is 1. The molecular formula is C21H24N4O4. The third-order valence-electron chi connectivity index (χ3n) is 5.13. The van der Waals surface area contributed by atoms with Crippen LogP contribution in [0.15, 0.2) is 30.6 Å². The van der Waals surface area contributed by atoms with Crippen molar-refractivity contribution in [2.45, 2.75) is 18.9 Å². The lowest BCUT2D eigenvalue weighted by molar-refractivity contribution is -0.118. The van der Waals surface area contributed by atoms with Gasteiger partial charge in [0.1, 0.15) is 12.4 Å². The fourth-order valence-electron chi connectivity index (χ4n) is 3.71. The number of hydrogen-bond donors (Lipinski definition) is 2. The zero-order valence-corrected chi connectivity index (χ0v) is 16.5. The summed E-state index contributed by atoms with van der Waals surface area (Å²) >= 11 is 0. The molecule has 3 aromatic rings. The average Bonchev–Trinajstić information content (AvgIpc) is 3.36. The molecular weight excluding hydrogens is 372 g/mol. The summed E-state index contributed by atoms with van der Waals surface area (Å²) in [6, 6.07) is 5.93. The van der Waals surface area contributed by atoms with Gasteiger partial charge < -0.3 is 24.5 Å². The summed E-state index contributed by atoms with van der Waals surface area (Å²) in [5, 5.41) is 12.5. The maximum absolute atomic E-state index is 11.5. The van der Waals surface area contributed by atoms with Crippen molar-refractivity contribution >= 4 is 22.6 Å². The third kappa shape index (κ3) is 4.00. The van der Waals surface area contributed by atoms with Gasteiger partial charge in [-0.15, -0.1) is 0 Å². The average molecular weight is 396 g/mol. The van der Waals surface area contributed by atoms with Crippen molar-refractivity contribution in [1.82, 2.24) is 14.5 Å². The van der Waals surface area contributed by atoms with Gasteiger partial charge >= 0.3 is 0 Å². The number of carbonyl (C=O) groups excluding carboxylic acids is 1. The lowest BCUT2D eigenvalue weighted by atomic mass is 10.0. The van der Waals surface area contributed by atoms with Crippen molar-refractivity contribution in [2.75, 3.05) is 32.2 Å². The molecule has 0 aliphatic carbocycles. The molecule has 0 spiro atoms. The number of fused-ring (bicyclic) bond motifs is 1. The lowest BCUT2D eigenvalue weighted by Gasteiger charge is -2.12. The molecule has 0 saturated carbocycles. The van der Waals surface area contributed by atoms with Crippen molar-refractivity contribution in [2.24, 2.45) is 7.05 Å². The molecule has 1 saturated heterocycles. The second kappa shape index (κ2) is 8.28. The summed E-state index contributed by atoms with van der Waals surface area (Å²) in [6.45, 7) is 1.35. The van der Waals surface area contributed by atoms with Crippen molar-refractivity contribution in [3.8, 4) is 11.3 Å². The van der Waals surface area contributed by atoms with Gasteiger partial charge in [0, 0.05) is 49.5 Å². The van der Waals surface area contributed by atoms with E-state index in [1.54, 1.807) is 19.4 Å². The molecule has 152 valence electrons. The molecule has 1 atom stereocenters. The number of aromatic nitrogens is 3. The Morgan fingerprint density at radius 1 is 1.41 bits per heavy atom. The van der Waals surface area contributed by atoms with Crippen LogP contribution in [0.3, 0.4) is 0 Å². The van der Waals surface area contributed by atoms with Crippen LogP contribution in [0.2, 0.25) is 0 Å². The zero-order valence-electron chi connectivity index (χ0n) is 16.5. The second-order valence-electron chi connectivity index (χ2n) is 7.23. The van der Waals surface area contributed by atoms with Gasteiger partial charge in [-0.3, -0.25) is 9.78 Å². The minimum absolute atomic E-state index is 0.279. The number of aryl methyl sites for hydroxylation is 1. The van der Waals surface area contributed by atoms with Crippen molar-refractivity contribution in [3.63, 3.8) is 0 Å². The van der Waals surface area contributed by atoms with Crippen LogP contribution >= 0.6 is 0 Å². The molecule has 8 heteroatoms. The summed E-state index contributed by atoms with van der Waals surface area (Å²) in [4.78, 5) is 20.8. The number of aliphatic hydroxyl groups excluding tert-OH is 1. The Balaban J connectivity index is 1.82. The Morgan fingerprint density at radius 3 is 3.00 bits per heavy atom. The first kappa shape index (κ1) is 19.5. The van der Waals surface area contributed by atoms with E-state index in [0.29, 0.717) is 19.0 Å². The lowest BCUT2D eigenvalue weighted by Crippen LogP contribution is -2.16. The first-order chi connectivity index (χ1) is 14.1. The highest BCUT2D eigenvalue weighted by molar-refractivity contribution is 5.98. The monoisotopic (exact) mass is 396 g/mol. The van der Waals surface area contributed by atoms with E-state index in [9.17, 15) is 4.79 Å². The van der Waals surface area contributed by atoms with Crippen LogP contribution in [0.4, 0.5) is 5.82 Å². The van der Waals surface area contributed by atoms with E-state index >= 15 is 0 Å². The van der Waals surface area contributed by atoms with Gasteiger partial charge in [0.2, 0.25) is 0 Å². The summed E-state index contributed by atoms with van der Waals surface area (Å²) in [5.41, 5.74) is 4.78. The molecule has 2 N–H and O–H groups in total. The summed E-state index contributed by atoms with van der Waals surface area (Å²) in [6.07, 6.45) is 4.67. The van der Waals surface area contributed by atoms with Crippen molar-refractivity contribution < 1.29 is 19.4 Å². The van der Waals surface area contributed by atoms with E-state index in [2.05, 4.69) is 16.4 Å². The number of ether oxygens (including phenoxy) is 2. The standard InChI is InChI=1S/C21H24N4O4/c1-25-9-16(15-7-20(22-8-19(15)25)24-21(27)10-26)18-6-13(11-28-2)5-17(23-18)14-3-4-29-12-14/h5-9,14,26H,3-4,10-12H2,1-2H3,(H,22,24,27). The van der Waals surface area contributed by atoms with Crippen LogP contribution in [0.1, 0.15) is 23.6 Å². The van der Waals surface area contributed by atoms with E-state index in [-0.39, 0.29) is 5.92 Å². The highest BCUT2D eigenvalue weighted by Crippen LogP contribution is 2.33. The minimum atomic E-state index is -0.588. The van der Waals surface area contributed by atoms with Crippen molar-refractivity contribution in [1.29, 1.82) is 0 Å². The first-order valence-corrected chi connectivity index (χ1v) is 9.52. The van der Waals surface area contributed by atoms with Crippen LogP contribution in [0.5, 0.6) is 0 Å². The molecule has 8 nitrogen and oxygen atoms in total. The van der Waals surface area contributed by atoms with Crippen LogP contribution in [0.25, 0.3) is 22.2 Å². The Hall–Kier alpha value is -2.81. The Bertz CT molecular complexity index is 1040. The number of pyridine rings is 2. The largest absolute Gasteiger partial charge is 0.387 e.